The van der Waals surface area contributed by atoms with E-state index in [9.17, 15) is 9.59 Å². The Morgan fingerprint density at radius 1 is 1.29 bits per heavy atom. The third-order valence-corrected chi connectivity index (χ3v) is 7.53. The van der Waals surface area contributed by atoms with Crippen molar-refractivity contribution < 1.29 is 19.1 Å². The van der Waals surface area contributed by atoms with Crippen LogP contribution in [0.5, 0.6) is 5.75 Å². The number of amides is 3. The van der Waals surface area contributed by atoms with Gasteiger partial charge in [-0.05, 0) is 68.7 Å². The number of carbonyl (C=O) groups excluding carboxylic acids is 2. The van der Waals surface area contributed by atoms with Crippen molar-refractivity contribution in [3.05, 3.63) is 51.2 Å². The zero-order valence-electron chi connectivity index (χ0n) is 20.3. The third-order valence-electron chi connectivity index (χ3n) is 6.53. The first-order valence-electron chi connectivity index (χ1n) is 12.2. The topological polar surface area (TPSA) is 71.1 Å². The molecule has 4 rings (SSSR count). The Kier molecular flexibility index (Phi) is 8.11. The molecule has 34 heavy (non-hydrogen) atoms. The number of fused-ring (bicyclic) bond motifs is 1. The lowest BCUT2D eigenvalue weighted by Crippen LogP contribution is -2.51. The summed E-state index contributed by atoms with van der Waals surface area (Å²) in [6.45, 7) is 8.68. The van der Waals surface area contributed by atoms with Gasteiger partial charge in [-0.15, -0.1) is 11.3 Å². The Bertz CT molecular complexity index is 1000. The van der Waals surface area contributed by atoms with Gasteiger partial charge in [0, 0.05) is 31.1 Å². The van der Waals surface area contributed by atoms with Gasteiger partial charge in [-0.25, -0.2) is 4.79 Å². The summed E-state index contributed by atoms with van der Waals surface area (Å²) >= 11 is 1.73. The molecule has 0 saturated carbocycles. The molecule has 1 N–H and O–H groups in total. The largest absolute Gasteiger partial charge is 0.491 e. The molecule has 2 aliphatic heterocycles. The normalized spacial score (nSPS) is 19.6. The highest BCUT2D eigenvalue weighted by molar-refractivity contribution is 7.10. The van der Waals surface area contributed by atoms with Crippen molar-refractivity contribution in [3.8, 4) is 5.75 Å². The van der Waals surface area contributed by atoms with E-state index in [-0.39, 0.29) is 30.6 Å². The summed E-state index contributed by atoms with van der Waals surface area (Å²) < 4.78 is 12.0. The minimum Gasteiger partial charge on any atom is -0.491 e. The quantitative estimate of drug-likeness (QED) is 0.612. The summed E-state index contributed by atoms with van der Waals surface area (Å²) in [7, 11) is 0. The minimum absolute atomic E-state index is 0.0103. The molecule has 2 aliphatic rings. The van der Waals surface area contributed by atoms with E-state index in [1.54, 1.807) is 16.2 Å². The van der Waals surface area contributed by atoms with Crippen LogP contribution < -0.4 is 10.1 Å². The fourth-order valence-corrected chi connectivity index (χ4v) is 5.70. The average Bonchev–Trinajstić information content (AvgIpc) is 3.50. The second kappa shape index (κ2) is 11.2. The van der Waals surface area contributed by atoms with E-state index >= 15 is 0 Å². The van der Waals surface area contributed by atoms with E-state index in [4.69, 9.17) is 9.47 Å². The molecule has 0 bridgehead atoms. The van der Waals surface area contributed by atoms with E-state index in [1.807, 2.05) is 30.9 Å². The number of benzene rings is 1. The van der Waals surface area contributed by atoms with E-state index in [2.05, 4.69) is 29.8 Å². The number of ether oxygens (including phenoxy) is 2. The third kappa shape index (κ3) is 5.73. The van der Waals surface area contributed by atoms with Crippen LogP contribution in [0.2, 0.25) is 0 Å². The highest BCUT2D eigenvalue weighted by Crippen LogP contribution is 2.34. The van der Waals surface area contributed by atoms with Crippen molar-refractivity contribution in [1.29, 1.82) is 0 Å². The van der Waals surface area contributed by atoms with E-state index in [1.165, 1.54) is 10.4 Å². The number of aryl methyl sites for hydroxylation is 2. The molecule has 0 aliphatic carbocycles. The first kappa shape index (κ1) is 24.5. The molecule has 7 nitrogen and oxygen atoms in total. The smallest absolute Gasteiger partial charge is 0.317 e. The maximum atomic E-state index is 13.6. The van der Waals surface area contributed by atoms with E-state index < -0.39 is 0 Å². The van der Waals surface area contributed by atoms with Crippen molar-refractivity contribution in [2.24, 2.45) is 0 Å². The summed E-state index contributed by atoms with van der Waals surface area (Å²) in [6.07, 6.45) is 2.72. The van der Waals surface area contributed by atoms with E-state index in [0.29, 0.717) is 32.8 Å². The lowest BCUT2D eigenvalue weighted by molar-refractivity contribution is -0.135. The van der Waals surface area contributed by atoms with Crippen LogP contribution in [0.1, 0.15) is 47.4 Å². The van der Waals surface area contributed by atoms with Crippen LogP contribution in [0, 0.1) is 13.8 Å². The molecule has 184 valence electrons. The molecule has 3 heterocycles. The second-order valence-corrected chi connectivity index (χ2v) is 10.1. The standard InChI is InChI=1S/C26H35N3O4S/c1-4-27-26(31)28(15-20-6-5-12-32-20)16-25(30)29-11-9-24-21(10-13-34-24)22(29)17-33-23-8-7-18(2)14-19(23)3/h7-8,10,13-14,20,22H,4-6,9,11-12,15-17H2,1-3H3,(H,27,31)/t20-,22-/m1/s1. The fourth-order valence-electron chi connectivity index (χ4n) is 4.78. The summed E-state index contributed by atoms with van der Waals surface area (Å²) in [5, 5.41) is 4.93. The number of hydrogen-bond acceptors (Lipinski definition) is 5. The van der Waals surface area contributed by atoms with Gasteiger partial charge in [-0.1, -0.05) is 17.7 Å². The van der Waals surface area contributed by atoms with Crippen molar-refractivity contribution in [2.45, 2.75) is 52.2 Å². The molecule has 0 unspecified atom stereocenters. The van der Waals surface area contributed by atoms with Gasteiger partial charge in [-0.3, -0.25) is 4.79 Å². The molecule has 1 fully saturated rings. The SMILES string of the molecule is CCNC(=O)N(CC(=O)N1CCc2sccc2[C@H]1COc1ccc(C)cc1C)C[C@H]1CCCO1. The summed E-state index contributed by atoms with van der Waals surface area (Å²) in [5.41, 5.74) is 3.42. The first-order chi connectivity index (χ1) is 16.5. The lowest BCUT2D eigenvalue weighted by Gasteiger charge is -2.37. The van der Waals surface area contributed by atoms with Crippen LogP contribution in [0.25, 0.3) is 0 Å². The predicted molar refractivity (Wildman–Crippen MR) is 134 cm³/mol. The number of carbonyl (C=O) groups is 2. The molecule has 0 spiro atoms. The Morgan fingerprint density at radius 3 is 2.88 bits per heavy atom. The second-order valence-electron chi connectivity index (χ2n) is 9.08. The summed E-state index contributed by atoms with van der Waals surface area (Å²) in [4.78, 5) is 31.1. The van der Waals surface area contributed by atoms with Crippen LogP contribution in [0.3, 0.4) is 0 Å². The predicted octanol–water partition coefficient (Wildman–Crippen LogP) is 4.08. The van der Waals surface area contributed by atoms with Gasteiger partial charge in [-0.2, -0.15) is 0 Å². The summed E-state index contributed by atoms with van der Waals surface area (Å²) in [5.74, 6) is 0.776. The van der Waals surface area contributed by atoms with Crippen LogP contribution in [-0.2, 0) is 16.0 Å². The monoisotopic (exact) mass is 485 g/mol. The molecule has 1 aromatic carbocycles. The molecule has 0 radical (unpaired) electrons. The highest BCUT2D eigenvalue weighted by atomic mass is 32.1. The van der Waals surface area contributed by atoms with Gasteiger partial charge < -0.3 is 24.6 Å². The maximum Gasteiger partial charge on any atom is 0.317 e. The van der Waals surface area contributed by atoms with Crippen molar-refractivity contribution >= 4 is 23.3 Å². The Hall–Kier alpha value is -2.58. The number of nitrogens with one attached hydrogen (secondary N) is 1. The molecule has 1 aromatic heterocycles. The maximum absolute atomic E-state index is 13.6. The van der Waals surface area contributed by atoms with Crippen LogP contribution >= 0.6 is 11.3 Å². The van der Waals surface area contributed by atoms with Gasteiger partial charge >= 0.3 is 6.03 Å². The number of urea groups is 1. The summed E-state index contributed by atoms with van der Waals surface area (Å²) in [6, 6.07) is 7.84. The van der Waals surface area contributed by atoms with E-state index in [0.717, 1.165) is 36.1 Å². The first-order valence-corrected chi connectivity index (χ1v) is 13.0. The van der Waals surface area contributed by atoms with Gasteiger partial charge in [0.1, 0.15) is 18.9 Å². The fraction of sp³-hybridized carbons (Fsp3) is 0.538. The van der Waals surface area contributed by atoms with Crippen molar-refractivity contribution in [3.63, 3.8) is 0 Å². The van der Waals surface area contributed by atoms with Gasteiger partial charge in [0.15, 0.2) is 0 Å². The van der Waals surface area contributed by atoms with Gasteiger partial charge in [0.2, 0.25) is 5.91 Å². The Balaban J connectivity index is 1.49. The number of rotatable bonds is 8. The number of hydrogen-bond donors (Lipinski definition) is 1. The zero-order valence-corrected chi connectivity index (χ0v) is 21.2. The molecule has 2 atom stereocenters. The van der Waals surface area contributed by atoms with Crippen LogP contribution in [0.4, 0.5) is 4.79 Å². The Labute approximate surface area is 206 Å². The van der Waals surface area contributed by atoms with Crippen LogP contribution in [0.15, 0.2) is 29.6 Å². The minimum atomic E-state index is -0.220. The van der Waals surface area contributed by atoms with Crippen LogP contribution in [-0.4, -0.2) is 67.2 Å². The molecule has 3 amide bonds. The highest BCUT2D eigenvalue weighted by Gasteiger charge is 2.34. The molecule has 8 heteroatoms. The molecular formula is C26H35N3O4S. The molecule has 2 aromatic rings. The van der Waals surface area contributed by atoms with Gasteiger partial charge in [0.25, 0.3) is 0 Å². The number of nitrogens with zero attached hydrogens (tertiary/aromatic N) is 2. The zero-order chi connectivity index (χ0) is 24.1. The van der Waals surface area contributed by atoms with Crippen molar-refractivity contribution in [1.82, 2.24) is 15.1 Å². The Morgan fingerprint density at radius 2 is 2.15 bits per heavy atom. The van der Waals surface area contributed by atoms with Crippen molar-refractivity contribution in [2.75, 3.05) is 39.4 Å². The molecule has 1 saturated heterocycles. The molecular weight excluding hydrogens is 450 g/mol. The lowest BCUT2D eigenvalue weighted by atomic mass is 10.00. The average molecular weight is 486 g/mol. The van der Waals surface area contributed by atoms with Gasteiger partial charge in [0.05, 0.1) is 12.1 Å². The number of thiophene rings is 1.